The van der Waals surface area contributed by atoms with E-state index in [9.17, 15) is 9.59 Å². The Morgan fingerprint density at radius 1 is 1.04 bits per heavy atom. The lowest BCUT2D eigenvalue weighted by Crippen LogP contribution is -2.39. The van der Waals surface area contributed by atoms with Gasteiger partial charge < -0.3 is 0 Å². The van der Waals surface area contributed by atoms with Crippen molar-refractivity contribution in [1.82, 2.24) is 24.1 Å². The van der Waals surface area contributed by atoms with Gasteiger partial charge in [0.05, 0.1) is 6.54 Å². The minimum atomic E-state index is -0.411. The zero-order valence-electron chi connectivity index (χ0n) is 15.0. The molecule has 3 aromatic heterocycles. The topological polar surface area (TPSA) is 82.7 Å². The zero-order chi connectivity index (χ0) is 19.0. The van der Waals surface area contributed by atoms with Gasteiger partial charge in [0.15, 0.2) is 11.5 Å². The van der Waals surface area contributed by atoms with Gasteiger partial charge in [0.25, 0.3) is 5.56 Å². The van der Waals surface area contributed by atoms with E-state index in [4.69, 9.17) is 0 Å². The Labute approximate surface area is 154 Å². The van der Waals surface area contributed by atoms with Crippen molar-refractivity contribution in [3.63, 3.8) is 0 Å². The van der Waals surface area contributed by atoms with Crippen LogP contribution in [0.1, 0.15) is 11.1 Å². The molecule has 1 aromatic carbocycles. The van der Waals surface area contributed by atoms with E-state index in [1.54, 1.807) is 25.5 Å². The molecule has 0 fully saturated rings. The van der Waals surface area contributed by atoms with Crippen molar-refractivity contribution in [3.05, 3.63) is 87.0 Å². The first-order chi connectivity index (χ1) is 13.1. The second-order valence-corrected chi connectivity index (χ2v) is 6.33. The van der Waals surface area contributed by atoms with Gasteiger partial charge in [-0.2, -0.15) is 0 Å². The summed E-state index contributed by atoms with van der Waals surface area (Å²) in [5, 5.41) is 0.304. The van der Waals surface area contributed by atoms with Crippen molar-refractivity contribution in [1.29, 1.82) is 0 Å². The maximum Gasteiger partial charge on any atom is 0.332 e. The maximum atomic E-state index is 12.9. The molecule has 0 radical (unpaired) electrons. The molecule has 0 amide bonds. The molecule has 0 spiro atoms. The average Bonchev–Trinajstić information content (AvgIpc) is 2.71. The van der Waals surface area contributed by atoms with E-state index in [2.05, 4.69) is 15.0 Å². The number of rotatable bonds is 3. The molecule has 134 valence electrons. The van der Waals surface area contributed by atoms with E-state index in [-0.39, 0.29) is 6.54 Å². The third-order valence-corrected chi connectivity index (χ3v) is 4.59. The quantitative estimate of drug-likeness (QED) is 0.558. The smallest absolute Gasteiger partial charge is 0.280 e. The monoisotopic (exact) mass is 359 g/mol. The maximum absolute atomic E-state index is 12.9. The van der Waals surface area contributed by atoms with Gasteiger partial charge in [-0.25, -0.2) is 14.8 Å². The number of aryl methyl sites for hydroxylation is 2. The minimum Gasteiger partial charge on any atom is -0.280 e. The van der Waals surface area contributed by atoms with E-state index >= 15 is 0 Å². The summed E-state index contributed by atoms with van der Waals surface area (Å²) >= 11 is 0. The highest BCUT2D eigenvalue weighted by Crippen LogP contribution is 2.15. The largest absolute Gasteiger partial charge is 0.332 e. The van der Waals surface area contributed by atoms with Gasteiger partial charge in [0.1, 0.15) is 5.39 Å². The van der Waals surface area contributed by atoms with Crippen LogP contribution >= 0.6 is 0 Å². The van der Waals surface area contributed by atoms with Crippen LogP contribution < -0.4 is 11.2 Å². The van der Waals surface area contributed by atoms with Crippen molar-refractivity contribution < 1.29 is 0 Å². The van der Waals surface area contributed by atoms with Gasteiger partial charge in [-0.1, -0.05) is 24.3 Å². The summed E-state index contributed by atoms with van der Waals surface area (Å²) in [7, 11) is 1.61. The minimum absolute atomic E-state index is 0.207. The SMILES string of the molecule is Cc1ccccc1Cn1c(=O)c2cnc(-c3cccnc3)nc2n(C)c1=O. The van der Waals surface area contributed by atoms with Gasteiger partial charge in [-0.15, -0.1) is 0 Å². The second-order valence-electron chi connectivity index (χ2n) is 6.33. The molecule has 3 heterocycles. The number of nitrogens with zero attached hydrogens (tertiary/aromatic N) is 5. The fourth-order valence-electron chi connectivity index (χ4n) is 3.01. The third-order valence-electron chi connectivity index (χ3n) is 4.59. The van der Waals surface area contributed by atoms with Crippen LogP contribution in [0.15, 0.2) is 64.6 Å². The van der Waals surface area contributed by atoms with Crippen LogP contribution in [-0.4, -0.2) is 24.1 Å². The summed E-state index contributed by atoms with van der Waals surface area (Å²) in [6, 6.07) is 11.3. The van der Waals surface area contributed by atoms with Crippen LogP contribution in [0.5, 0.6) is 0 Å². The van der Waals surface area contributed by atoms with Crippen LogP contribution in [0.25, 0.3) is 22.4 Å². The molecule has 0 bridgehead atoms. The molecular weight excluding hydrogens is 342 g/mol. The van der Waals surface area contributed by atoms with Gasteiger partial charge >= 0.3 is 5.69 Å². The van der Waals surface area contributed by atoms with Crippen molar-refractivity contribution in [2.45, 2.75) is 13.5 Å². The Kier molecular flexibility index (Phi) is 4.12. The van der Waals surface area contributed by atoms with E-state index in [1.807, 2.05) is 37.3 Å². The van der Waals surface area contributed by atoms with E-state index < -0.39 is 11.2 Å². The standard InChI is InChI=1S/C20H17N5O2/c1-13-6-3-4-7-15(13)12-25-19(26)16-11-22-17(14-8-5-9-21-10-14)23-18(16)24(2)20(25)27/h3-11H,12H2,1-2H3. The first-order valence-corrected chi connectivity index (χ1v) is 8.48. The Hall–Kier alpha value is -3.61. The molecule has 4 aromatic rings. The third kappa shape index (κ3) is 2.93. The fraction of sp³-hybridized carbons (Fsp3) is 0.150. The number of aromatic nitrogens is 5. The highest BCUT2D eigenvalue weighted by Gasteiger charge is 2.15. The molecule has 7 nitrogen and oxygen atoms in total. The lowest BCUT2D eigenvalue weighted by atomic mass is 10.1. The Bertz CT molecular complexity index is 1260. The highest BCUT2D eigenvalue weighted by molar-refractivity contribution is 5.75. The summed E-state index contributed by atoms with van der Waals surface area (Å²) in [6.45, 7) is 2.16. The molecule has 0 unspecified atom stereocenters. The molecule has 0 saturated heterocycles. The molecule has 0 atom stereocenters. The molecule has 0 N–H and O–H groups in total. The van der Waals surface area contributed by atoms with Crippen LogP contribution in [0.4, 0.5) is 0 Å². The van der Waals surface area contributed by atoms with Crippen LogP contribution in [0, 0.1) is 6.92 Å². The molecule has 4 rings (SSSR count). The molecule has 0 aliphatic rings. The Balaban J connectivity index is 1.90. The predicted molar refractivity (Wildman–Crippen MR) is 103 cm³/mol. The molecule has 0 saturated carbocycles. The van der Waals surface area contributed by atoms with Crippen molar-refractivity contribution in [2.75, 3.05) is 0 Å². The summed E-state index contributed by atoms with van der Waals surface area (Å²) in [5.41, 5.74) is 2.16. The lowest BCUT2D eigenvalue weighted by Gasteiger charge is -2.12. The van der Waals surface area contributed by atoms with E-state index in [0.717, 1.165) is 16.7 Å². The normalized spacial score (nSPS) is 11.0. The summed E-state index contributed by atoms with van der Waals surface area (Å²) < 4.78 is 2.61. The number of hydrogen-bond donors (Lipinski definition) is 0. The van der Waals surface area contributed by atoms with Gasteiger partial charge in [0, 0.05) is 31.2 Å². The number of hydrogen-bond acceptors (Lipinski definition) is 5. The van der Waals surface area contributed by atoms with Gasteiger partial charge in [-0.05, 0) is 30.2 Å². The van der Waals surface area contributed by atoms with Crippen LogP contribution in [0.3, 0.4) is 0 Å². The molecule has 0 aliphatic heterocycles. The number of pyridine rings is 1. The lowest BCUT2D eigenvalue weighted by molar-refractivity contribution is 0.654. The Morgan fingerprint density at radius 2 is 1.85 bits per heavy atom. The number of benzene rings is 1. The van der Waals surface area contributed by atoms with Crippen molar-refractivity contribution in [3.8, 4) is 11.4 Å². The summed E-state index contributed by atoms with van der Waals surface area (Å²) in [5.74, 6) is 0.418. The fourth-order valence-corrected chi connectivity index (χ4v) is 3.01. The second kappa shape index (κ2) is 6.60. The Morgan fingerprint density at radius 3 is 2.59 bits per heavy atom. The van der Waals surface area contributed by atoms with E-state index in [0.29, 0.717) is 16.9 Å². The molecule has 0 aliphatic carbocycles. The van der Waals surface area contributed by atoms with Crippen LogP contribution in [-0.2, 0) is 13.6 Å². The molecule has 27 heavy (non-hydrogen) atoms. The van der Waals surface area contributed by atoms with Crippen molar-refractivity contribution >= 4 is 11.0 Å². The first-order valence-electron chi connectivity index (χ1n) is 8.48. The summed E-state index contributed by atoms with van der Waals surface area (Å²) in [4.78, 5) is 38.5. The predicted octanol–water partition coefficient (Wildman–Crippen LogP) is 1.91. The number of fused-ring (bicyclic) bond motifs is 1. The van der Waals surface area contributed by atoms with Gasteiger partial charge in [-0.3, -0.25) is 18.9 Å². The molecular formula is C20H17N5O2. The van der Waals surface area contributed by atoms with Gasteiger partial charge in [0.2, 0.25) is 0 Å². The van der Waals surface area contributed by atoms with Crippen LogP contribution in [0.2, 0.25) is 0 Å². The zero-order valence-corrected chi connectivity index (χ0v) is 15.0. The molecule has 7 heteroatoms. The van der Waals surface area contributed by atoms with E-state index in [1.165, 1.54) is 15.3 Å². The van der Waals surface area contributed by atoms with Crippen molar-refractivity contribution in [2.24, 2.45) is 7.05 Å². The first kappa shape index (κ1) is 16.8. The summed E-state index contributed by atoms with van der Waals surface area (Å²) in [6.07, 6.45) is 4.77. The highest BCUT2D eigenvalue weighted by atomic mass is 16.2. The average molecular weight is 359 g/mol.